The van der Waals surface area contributed by atoms with E-state index >= 15 is 0 Å². The van der Waals surface area contributed by atoms with Crippen LogP contribution in [0.3, 0.4) is 0 Å². The summed E-state index contributed by atoms with van der Waals surface area (Å²) in [4.78, 5) is 13.6. The van der Waals surface area contributed by atoms with Crippen molar-refractivity contribution in [1.82, 2.24) is 10.2 Å². The highest BCUT2D eigenvalue weighted by molar-refractivity contribution is 7.90. The summed E-state index contributed by atoms with van der Waals surface area (Å²) in [7, 11) is -3.11. The van der Waals surface area contributed by atoms with Crippen LogP contribution in [0.25, 0.3) is 0 Å². The minimum atomic E-state index is -3.11. The third-order valence-corrected chi connectivity index (χ3v) is 4.23. The molecular weight excluding hydrogens is 264 g/mol. The van der Waals surface area contributed by atoms with Gasteiger partial charge in [-0.15, -0.1) is 0 Å². The molecule has 0 bridgehead atoms. The summed E-state index contributed by atoms with van der Waals surface area (Å²) in [5, 5.41) is 3.12. The van der Waals surface area contributed by atoms with Crippen molar-refractivity contribution in [2.24, 2.45) is 0 Å². The quantitative estimate of drug-likeness (QED) is 0.876. The van der Waals surface area contributed by atoms with Gasteiger partial charge in [-0.25, -0.2) is 8.42 Å². The normalized spacial score (nSPS) is 21.7. The maximum Gasteiger partial charge on any atom is 0.238 e. The van der Waals surface area contributed by atoms with Gasteiger partial charge in [0.2, 0.25) is 5.91 Å². The van der Waals surface area contributed by atoms with Crippen LogP contribution in [-0.4, -0.2) is 43.8 Å². The number of hydrogen-bond acceptors (Lipinski definition) is 4. The molecule has 0 aromatic heterocycles. The fourth-order valence-electron chi connectivity index (χ4n) is 2.45. The number of nitrogens with zero attached hydrogens (tertiary/aromatic N) is 1. The Labute approximate surface area is 113 Å². The van der Waals surface area contributed by atoms with E-state index in [-0.39, 0.29) is 30.4 Å². The molecule has 0 spiro atoms. The maximum atomic E-state index is 12.0. The number of rotatable bonds is 4. The molecule has 0 aliphatic carbocycles. The van der Waals surface area contributed by atoms with E-state index in [4.69, 9.17) is 0 Å². The lowest BCUT2D eigenvalue weighted by Gasteiger charge is -2.30. The zero-order chi connectivity index (χ0) is 14.0. The van der Waals surface area contributed by atoms with Crippen molar-refractivity contribution in [2.45, 2.75) is 19.1 Å². The van der Waals surface area contributed by atoms with Gasteiger partial charge < -0.3 is 4.90 Å². The van der Waals surface area contributed by atoms with Gasteiger partial charge in [0, 0.05) is 12.3 Å². The number of sulfone groups is 1. The molecule has 1 amide bonds. The Morgan fingerprint density at radius 2 is 2.00 bits per heavy atom. The predicted molar refractivity (Wildman–Crippen MR) is 73.2 cm³/mol. The molecule has 6 heteroatoms. The van der Waals surface area contributed by atoms with Crippen molar-refractivity contribution in [3.8, 4) is 0 Å². The minimum Gasteiger partial charge on any atom is -0.318 e. The summed E-state index contributed by atoms with van der Waals surface area (Å²) in [5.41, 5.74) is 0.966. The first kappa shape index (κ1) is 14.0. The molecule has 1 aliphatic rings. The average Bonchev–Trinajstić information content (AvgIpc) is 2.70. The van der Waals surface area contributed by atoms with E-state index < -0.39 is 9.84 Å². The molecule has 1 aliphatic heterocycles. The van der Waals surface area contributed by atoms with Crippen LogP contribution in [0.1, 0.15) is 18.7 Å². The first-order valence-corrected chi connectivity index (χ1v) is 8.22. The van der Waals surface area contributed by atoms with Crippen molar-refractivity contribution >= 4 is 15.7 Å². The van der Waals surface area contributed by atoms with Crippen molar-refractivity contribution in [1.29, 1.82) is 0 Å². The lowest BCUT2D eigenvalue weighted by Crippen LogP contribution is -2.41. The zero-order valence-electron chi connectivity index (χ0n) is 11.0. The Hall–Kier alpha value is -1.40. The standard InChI is InChI=1S/C13H18N2O3S/c1-10(9-19(2,17)18)15-12(16)8-14-13(15)11-6-4-3-5-7-11/h3-7,10,13-14H,8-9H2,1-2H3. The molecule has 2 atom stereocenters. The van der Waals surface area contributed by atoms with Gasteiger partial charge in [-0.05, 0) is 12.5 Å². The van der Waals surface area contributed by atoms with Crippen LogP contribution in [0.15, 0.2) is 30.3 Å². The second-order valence-electron chi connectivity index (χ2n) is 4.94. The molecule has 1 N–H and O–H groups in total. The van der Waals surface area contributed by atoms with Gasteiger partial charge in [-0.3, -0.25) is 10.1 Å². The van der Waals surface area contributed by atoms with Gasteiger partial charge in [0.1, 0.15) is 16.0 Å². The molecule has 1 fully saturated rings. The SMILES string of the molecule is CC(CS(C)(=O)=O)N1C(=O)CNC1c1ccccc1. The van der Waals surface area contributed by atoms with Crippen LogP contribution in [0.5, 0.6) is 0 Å². The molecule has 1 aromatic carbocycles. The van der Waals surface area contributed by atoms with Crippen molar-refractivity contribution in [3.63, 3.8) is 0 Å². The Bertz CT molecular complexity index is 557. The monoisotopic (exact) mass is 282 g/mol. The van der Waals surface area contributed by atoms with E-state index in [1.54, 1.807) is 11.8 Å². The molecule has 1 heterocycles. The molecule has 1 saturated heterocycles. The van der Waals surface area contributed by atoms with Crippen molar-refractivity contribution in [2.75, 3.05) is 18.6 Å². The number of amides is 1. The Balaban J connectivity index is 2.23. The van der Waals surface area contributed by atoms with E-state index in [2.05, 4.69) is 5.32 Å². The number of nitrogens with one attached hydrogen (secondary N) is 1. The summed E-state index contributed by atoms with van der Waals surface area (Å²) in [6, 6.07) is 9.22. The molecule has 5 nitrogen and oxygen atoms in total. The highest BCUT2D eigenvalue weighted by Crippen LogP contribution is 2.24. The lowest BCUT2D eigenvalue weighted by atomic mass is 10.1. The molecule has 19 heavy (non-hydrogen) atoms. The van der Waals surface area contributed by atoms with Gasteiger partial charge in [0.25, 0.3) is 0 Å². The highest BCUT2D eigenvalue weighted by atomic mass is 32.2. The molecule has 0 saturated carbocycles. The van der Waals surface area contributed by atoms with Gasteiger partial charge in [-0.1, -0.05) is 30.3 Å². The topological polar surface area (TPSA) is 66.5 Å². The second kappa shape index (κ2) is 5.30. The molecule has 0 radical (unpaired) electrons. The highest BCUT2D eigenvalue weighted by Gasteiger charge is 2.35. The first-order valence-electron chi connectivity index (χ1n) is 6.16. The van der Waals surface area contributed by atoms with Crippen LogP contribution in [-0.2, 0) is 14.6 Å². The van der Waals surface area contributed by atoms with Crippen LogP contribution in [0.2, 0.25) is 0 Å². The molecule has 2 unspecified atom stereocenters. The van der Waals surface area contributed by atoms with Gasteiger partial charge in [0.05, 0.1) is 12.3 Å². The second-order valence-corrected chi connectivity index (χ2v) is 7.12. The minimum absolute atomic E-state index is 0.0241. The van der Waals surface area contributed by atoms with E-state index in [1.807, 2.05) is 30.3 Å². The van der Waals surface area contributed by atoms with Crippen molar-refractivity contribution < 1.29 is 13.2 Å². The molecule has 104 valence electrons. The number of carbonyl (C=O) groups is 1. The van der Waals surface area contributed by atoms with Crippen LogP contribution < -0.4 is 5.32 Å². The summed E-state index contributed by atoms with van der Waals surface area (Å²) in [6.45, 7) is 2.01. The van der Waals surface area contributed by atoms with E-state index in [0.29, 0.717) is 0 Å². The van der Waals surface area contributed by atoms with Crippen LogP contribution in [0.4, 0.5) is 0 Å². The van der Waals surface area contributed by atoms with E-state index in [9.17, 15) is 13.2 Å². The largest absolute Gasteiger partial charge is 0.318 e. The van der Waals surface area contributed by atoms with Crippen LogP contribution >= 0.6 is 0 Å². The van der Waals surface area contributed by atoms with Gasteiger partial charge in [-0.2, -0.15) is 0 Å². The zero-order valence-corrected chi connectivity index (χ0v) is 11.9. The molecule has 2 rings (SSSR count). The Morgan fingerprint density at radius 1 is 1.37 bits per heavy atom. The predicted octanol–water partition coefficient (Wildman–Crippen LogP) is 0.550. The average molecular weight is 282 g/mol. The van der Waals surface area contributed by atoms with E-state index in [0.717, 1.165) is 5.56 Å². The molecule has 1 aromatic rings. The summed E-state index contributed by atoms with van der Waals surface area (Å²) >= 11 is 0. The Morgan fingerprint density at radius 3 is 2.58 bits per heavy atom. The lowest BCUT2D eigenvalue weighted by molar-refractivity contribution is -0.129. The fraction of sp³-hybridized carbons (Fsp3) is 0.462. The van der Waals surface area contributed by atoms with Crippen molar-refractivity contribution in [3.05, 3.63) is 35.9 Å². The van der Waals surface area contributed by atoms with E-state index in [1.165, 1.54) is 6.26 Å². The third kappa shape index (κ3) is 3.33. The molecular formula is C13H18N2O3S. The smallest absolute Gasteiger partial charge is 0.238 e. The number of carbonyl (C=O) groups excluding carboxylic acids is 1. The third-order valence-electron chi connectivity index (χ3n) is 3.15. The Kier molecular flexibility index (Phi) is 3.91. The maximum absolute atomic E-state index is 12.0. The summed E-state index contributed by atoms with van der Waals surface area (Å²) in [6.07, 6.45) is 0.945. The summed E-state index contributed by atoms with van der Waals surface area (Å²) in [5.74, 6) is -0.0889. The number of hydrogen-bond donors (Lipinski definition) is 1. The van der Waals surface area contributed by atoms with Gasteiger partial charge >= 0.3 is 0 Å². The first-order chi connectivity index (χ1) is 8.88. The van der Waals surface area contributed by atoms with Gasteiger partial charge in [0.15, 0.2) is 0 Å². The fourth-order valence-corrected chi connectivity index (χ4v) is 3.49. The summed E-state index contributed by atoms with van der Waals surface area (Å²) < 4.78 is 22.8. The van der Waals surface area contributed by atoms with Crippen LogP contribution in [0, 0.1) is 0 Å². The number of benzene rings is 1.